The molecule has 2 nitrogen and oxygen atoms in total. The highest BCUT2D eigenvalue weighted by atomic mass is 32.2. The van der Waals surface area contributed by atoms with Crippen molar-refractivity contribution in [1.29, 1.82) is 0 Å². The Kier molecular flexibility index (Phi) is 3.20. The summed E-state index contributed by atoms with van der Waals surface area (Å²) in [6.07, 6.45) is 2.10. The van der Waals surface area contributed by atoms with Gasteiger partial charge in [0, 0.05) is 36.4 Å². The zero-order valence-corrected chi connectivity index (χ0v) is 13.0. The zero-order chi connectivity index (χ0) is 14.3. The smallest absolute Gasteiger partial charge is 0.138 e. The van der Waals surface area contributed by atoms with Crippen LogP contribution in [0.3, 0.4) is 0 Å². The van der Waals surface area contributed by atoms with Crippen LogP contribution in [0, 0.1) is 0 Å². The van der Waals surface area contributed by atoms with Crippen molar-refractivity contribution in [3.05, 3.63) is 54.1 Å². The first-order valence-corrected chi connectivity index (χ1v) is 8.32. The Hall–Kier alpha value is -1.45. The number of nitrogens with zero attached hydrogens (tertiary/aromatic N) is 1. The molecule has 0 radical (unpaired) electrons. The van der Waals surface area contributed by atoms with Gasteiger partial charge in [0.05, 0.1) is 4.90 Å². The first-order valence-electron chi connectivity index (χ1n) is 7.51. The van der Waals surface area contributed by atoms with Gasteiger partial charge in [0.1, 0.15) is 11.4 Å². The van der Waals surface area contributed by atoms with Crippen LogP contribution in [0.25, 0.3) is 0 Å². The molecule has 4 rings (SSSR count). The maximum absolute atomic E-state index is 6.61. The van der Waals surface area contributed by atoms with Crippen LogP contribution in [0.5, 0.6) is 5.75 Å². The SMILES string of the molecule is CN1CCC2(CC1)Oc1ccccc1Sc1ccccc12. The van der Waals surface area contributed by atoms with E-state index in [1.807, 2.05) is 11.8 Å². The standard InChI is InChI=1S/C18H19NOS/c1-19-12-10-18(11-13-19)14-6-2-4-8-16(14)21-17-9-5-3-7-15(17)20-18/h2-9H,10-13H2,1H3. The molecular formula is C18H19NOS. The van der Waals surface area contributed by atoms with Crippen molar-refractivity contribution in [2.45, 2.75) is 28.2 Å². The zero-order valence-electron chi connectivity index (χ0n) is 12.2. The fourth-order valence-corrected chi connectivity index (χ4v) is 4.39. The first kappa shape index (κ1) is 13.2. The fraction of sp³-hybridized carbons (Fsp3) is 0.333. The summed E-state index contributed by atoms with van der Waals surface area (Å²) >= 11 is 1.83. The molecule has 0 bridgehead atoms. The van der Waals surface area contributed by atoms with Crippen LogP contribution in [0.4, 0.5) is 0 Å². The second kappa shape index (κ2) is 5.08. The summed E-state index contributed by atoms with van der Waals surface area (Å²) in [5.41, 5.74) is 1.20. The van der Waals surface area contributed by atoms with Crippen LogP contribution in [0.1, 0.15) is 18.4 Å². The molecule has 108 valence electrons. The lowest BCUT2D eigenvalue weighted by molar-refractivity contribution is 0.000382. The number of fused-ring (bicyclic) bond motifs is 3. The molecule has 0 aliphatic carbocycles. The van der Waals surface area contributed by atoms with Crippen molar-refractivity contribution < 1.29 is 4.74 Å². The minimum Gasteiger partial charge on any atom is -0.481 e. The Labute approximate surface area is 130 Å². The molecule has 1 spiro atoms. The van der Waals surface area contributed by atoms with E-state index in [4.69, 9.17) is 4.74 Å². The minimum absolute atomic E-state index is 0.164. The van der Waals surface area contributed by atoms with Crippen LogP contribution in [0.2, 0.25) is 0 Å². The van der Waals surface area contributed by atoms with E-state index in [0.717, 1.165) is 31.7 Å². The number of benzene rings is 2. The van der Waals surface area contributed by atoms with Gasteiger partial charge in [-0.1, -0.05) is 42.1 Å². The molecule has 0 N–H and O–H groups in total. The van der Waals surface area contributed by atoms with Gasteiger partial charge in [0.25, 0.3) is 0 Å². The summed E-state index contributed by atoms with van der Waals surface area (Å²) < 4.78 is 6.61. The van der Waals surface area contributed by atoms with E-state index in [2.05, 4.69) is 60.5 Å². The van der Waals surface area contributed by atoms with E-state index in [1.54, 1.807) is 0 Å². The Morgan fingerprint density at radius 2 is 1.62 bits per heavy atom. The van der Waals surface area contributed by atoms with Gasteiger partial charge >= 0.3 is 0 Å². The maximum atomic E-state index is 6.61. The molecule has 3 heteroatoms. The van der Waals surface area contributed by atoms with Gasteiger partial charge in [-0.05, 0) is 25.2 Å². The van der Waals surface area contributed by atoms with E-state index in [0.29, 0.717) is 0 Å². The highest BCUT2D eigenvalue weighted by Crippen LogP contribution is 2.49. The molecule has 1 fully saturated rings. The molecule has 0 atom stereocenters. The largest absolute Gasteiger partial charge is 0.481 e. The highest BCUT2D eigenvalue weighted by molar-refractivity contribution is 7.99. The predicted molar refractivity (Wildman–Crippen MR) is 86.0 cm³/mol. The lowest BCUT2D eigenvalue weighted by Gasteiger charge is -2.41. The number of hydrogen-bond donors (Lipinski definition) is 0. The van der Waals surface area contributed by atoms with Gasteiger partial charge in [0.15, 0.2) is 0 Å². The number of likely N-dealkylation sites (tertiary alicyclic amines) is 1. The van der Waals surface area contributed by atoms with Crippen molar-refractivity contribution in [3.63, 3.8) is 0 Å². The molecule has 1 saturated heterocycles. The van der Waals surface area contributed by atoms with Crippen molar-refractivity contribution >= 4 is 11.8 Å². The predicted octanol–water partition coefficient (Wildman–Crippen LogP) is 4.15. The van der Waals surface area contributed by atoms with E-state index < -0.39 is 0 Å². The number of piperidine rings is 1. The molecule has 0 aromatic heterocycles. The van der Waals surface area contributed by atoms with Gasteiger partial charge in [0.2, 0.25) is 0 Å². The second-order valence-corrected chi connectivity index (χ2v) is 7.03. The number of rotatable bonds is 0. The summed E-state index contributed by atoms with van der Waals surface area (Å²) in [4.78, 5) is 4.95. The number of hydrogen-bond acceptors (Lipinski definition) is 3. The lowest BCUT2D eigenvalue weighted by Crippen LogP contribution is -2.44. The van der Waals surface area contributed by atoms with Crippen LogP contribution >= 0.6 is 11.8 Å². The second-order valence-electron chi connectivity index (χ2n) is 5.94. The van der Waals surface area contributed by atoms with Gasteiger partial charge < -0.3 is 9.64 Å². The maximum Gasteiger partial charge on any atom is 0.138 e. The topological polar surface area (TPSA) is 12.5 Å². The monoisotopic (exact) mass is 297 g/mol. The molecule has 0 unspecified atom stereocenters. The molecule has 2 aliphatic rings. The number of para-hydroxylation sites is 1. The summed E-state index contributed by atoms with van der Waals surface area (Å²) in [5, 5.41) is 0. The molecule has 2 aromatic rings. The van der Waals surface area contributed by atoms with Crippen molar-refractivity contribution in [1.82, 2.24) is 4.90 Å². The third-order valence-electron chi connectivity index (χ3n) is 4.55. The summed E-state index contributed by atoms with van der Waals surface area (Å²) in [5.74, 6) is 1.03. The van der Waals surface area contributed by atoms with Gasteiger partial charge in [-0.25, -0.2) is 0 Å². The average Bonchev–Trinajstić information content (AvgIpc) is 2.65. The van der Waals surface area contributed by atoms with Crippen molar-refractivity contribution in [2.75, 3.05) is 20.1 Å². The van der Waals surface area contributed by atoms with E-state index in [9.17, 15) is 0 Å². The van der Waals surface area contributed by atoms with Gasteiger partial charge in [-0.15, -0.1) is 0 Å². The highest BCUT2D eigenvalue weighted by Gasteiger charge is 2.41. The lowest BCUT2D eigenvalue weighted by atomic mass is 9.84. The Morgan fingerprint density at radius 1 is 0.952 bits per heavy atom. The van der Waals surface area contributed by atoms with Gasteiger partial charge in [-0.3, -0.25) is 0 Å². The molecule has 2 heterocycles. The normalized spacial score (nSPS) is 20.2. The average molecular weight is 297 g/mol. The third-order valence-corrected chi connectivity index (χ3v) is 5.68. The van der Waals surface area contributed by atoms with Crippen molar-refractivity contribution in [3.8, 4) is 5.75 Å². The summed E-state index contributed by atoms with van der Waals surface area (Å²) in [7, 11) is 2.19. The molecule has 2 aromatic carbocycles. The Balaban J connectivity index is 1.86. The fourth-order valence-electron chi connectivity index (χ4n) is 3.29. The van der Waals surface area contributed by atoms with Crippen LogP contribution < -0.4 is 4.74 Å². The van der Waals surface area contributed by atoms with E-state index in [-0.39, 0.29) is 5.60 Å². The van der Waals surface area contributed by atoms with Crippen LogP contribution in [0.15, 0.2) is 58.3 Å². The quantitative estimate of drug-likeness (QED) is 0.725. The molecule has 0 saturated carbocycles. The van der Waals surface area contributed by atoms with Crippen molar-refractivity contribution in [2.24, 2.45) is 0 Å². The summed E-state index contributed by atoms with van der Waals surface area (Å²) in [6.45, 7) is 2.17. The first-order chi connectivity index (χ1) is 10.3. The Bertz CT molecular complexity index is 662. The van der Waals surface area contributed by atoms with Crippen LogP contribution in [-0.4, -0.2) is 25.0 Å². The summed E-state index contributed by atoms with van der Waals surface area (Å²) in [6, 6.07) is 17.2. The number of ether oxygens (including phenoxy) is 1. The van der Waals surface area contributed by atoms with E-state index in [1.165, 1.54) is 15.4 Å². The van der Waals surface area contributed by atoms with Gasteiger partial charge in [-0.2, -0.15) is 0 Å². The molecule has 2 aliphatic heterocycles. The van der Waals surface area contributed by atoms with E-state index >= 15 is 0 Å². The Morgan fingerprint density at radius 3 is 2.43 bits per heavy atom. The minimum atomic E-state index is -0.164. The van der Waals surface area contributed by atoms with Crippen LogP contribution in [-0.2, 0) is 5.60 Å². The molecule has 21 heavy (non-hydrogen) atoms. The third kappa shape index (κ3) is 2.25. The molecule has 0 amide bonds. The molecular weight excluding hydrogens is 278 g/mol.